The highest BCUT2D eigenvalue weighted by atomic mass is 35.5. The predicted octanol–water partition coefficient (Wildman–Crippen LogP) is 2.34. The maximum atomic E-state index is 8.67. The zero-order valence-corrected chi connectivity index (χ0v) is 13.3. The molecule has 2 atom stereocenters. The van der Waals surface area contributed by atoms with Crippen LogP contribution < -0.4 is 11.1 Å². The number of hydrogen-bond acceptors (Lipinski definition) is 4. The molecule has 0 amide bonds. The van der Waals surface area contributed by atoms with Crippen LogP contribution in [0.15, 0.2) is 23.4 Å². The third-order valence-corrected chi connectivity index (χ3v) is 4.81. The molecule has 0 spiro atoms. The van der Waals surface area contributed by atoms with Gasteiger partial charge in [0.1, 0.15) is 0 Å². The van der Waals surface area contributed by atoms with Gasteiger partial charge in [0.05, 0.1) is 6.10 Å². The van der Waals surface area contributed by atoms with Gasteiger partial charge < -0.3 is 21.0 Å². The normalized spacial score (nSPS) is 24.7. The summed E-state index contributed by atoms with van der Waals surface area (Å²) in [4.78, 5) is 0. The molecule has 5 nitrogen and oxygen atoms in total. The average Bonchev–Trinajstić information content (AvgIpc) is 2.46. The number of nitrogens with zero attached hydrogens (tertiary/aromatic N) is 1. The van der Waals surface area contributed by atoms with Gasteiger partial charge in [0.2, 0.25) is 0 Å². The molecule has 2 rings (SSSR count). The first-order valence-corrected chi connectivity index (χ1v) is 7.30. The van der Waals surface area contributed by atoms with E-state index in [0.29, 0.717) is 29.3 Å². The van der Waals surface area contributed by atoms with Crippen LogP contribution in [0.4, 0.5) is 0 Å². The Morgan fingerprint density at radius 1 is 1.57 bits per heavy atom. The molecule has 0 heterocycles. The smallest absolute Gasteiger partial charge is 0.170 e. The Kier molecular flexibility index (Phi) is 4.76. The largest absolute Gasteiger partial charge is 0.409 e. The van der Waals surface area contributed by atoms with Crippen molar-refractivity contribution in [3.8, 4) is 0 Å². The van der Waals surface area contributed by atoms with E-state index >= 15 is 0 Å². The lowest BCUT2D eigenvalue weighted by Crippen LogP contribution is -2.60. The van der Waals surface area contributed by atoms with E-state index in [9.17, 15) is 0 Å². The van der Waals surface area contributed by atoms with Gasteiger partial charge in [-0.25, -0.2) is 0 Å². The van der Waals surface area contributed by atoms with Gasteiger partial charge in [0.25, 0.3) is 0 Å². The van der Waals surface area contributed by atoms with Crippen LogP contribution in [0, 0.1) is 5.41 Å². The van der Waals surface area contributed by atoms with Crippen LogP contribution in [-0.2, 0) is 11.3 Å². The van der Waals surface area contributed by atoms with Crippen LogP contribution in [0.5, 0.6) is 0 Å². The number of nitrogens with two attached hydrogens (primary N) is 1. The van der Waals surface area contributed by atoms with Crippen molar-refractivity contribution >= 4 is 17.4 Å². The number of nitrogens with one attached hydrogen (secondary N) is 1. The molecule has 6 heteroatoms. The molecule has 1 aliphatic rings. The summed E-state index contributed by atoms with van der Waals surface area (Å²) < 4.78 is 5.45. The fraction of sp³-hybridized carbons (Fsp3) is 0.533. The van der Waals surface area contributed by atoms with Crippen molar-refractivity contribution in [3.63, 3.8) is 0 Å². The Bertz CT molecular complexity index is 546. The number of methoxy groups -OCH3 is 1. The Hall–Kier alpha value is -1.30. The molecular weight excluding hydrogens is 290 g/mol. The summed E-state index contributed by atoms with van der Waals surface area (Å²) in [6, 6.07) is 5.80. The van der Waals surface area contributed by atoms with Gasteiger partial charge in [-0.2, -0.15) is 0 Å². The zero-order chi connectivity index (χ0) is 15.6. The van der Waals surface area contributed by atoms with Crippen LogP contribution >= 0.6 is 11.6 Å². The maximum absolute atomic E-state index is 8.67. The number of amidine groups is 1. The third kappa shape index (κ3) is 3.15. The molecule has 0 saturated heterocycles. The van der Waals surface area contributed by atoms with E-state index < -0.39 is 0 Å². The van der Waals surface area contributed by atoms with Crippen molar-refractivity contribution in [3.05, 3.63) is 34.3 Å². The van der Waals surface area contributed by atoms with Crippen LogP contribution in [0.25, 0.3) is 0 Å². The number of halogens is 1. The van der Waals surface area contributed by atoms with E-state index in [1.54, 1.807) is 19.2 Å². The predicted molar refractivity (Wildman–Crippen MR) is 83.8 cm³/mol. The van der Waals surface area contributed by atoms with Crippen molar-refractivity contribution < 1.29 is 9.94 Å². The van der Waals surface area contributed by atoms with E-state index in [-0.39, 0.29) is 11.3 Å². The minimum atomic E-state index is 0.0551. The fourth-order valence-corrected chi connectivity index (χ4v) is 3.02. The molecule has 1 aromatic rings. The topological polar surface area (TPSA) is 79.9 Å². The standard InChI is InChI=1S/C15H22ClN3O2/c1-15(2)12(7-13(15)21-3)18-8-10-5-4-9(6-11(10)16)14(17)19-20/h4-6,12-13,18,20H,7-8H2,1-3H3,(H2,17,19). The summed E-state index contributed by atoms with van der Waals surface area (Å²) in [5, 5.41) is 15.8. The van der Waals surface area contributed by atoms with E-state index in [4.69, 9.17) is 27.3 Å². The number of benzene rings is 1. The second kappa shape index (κ2) is 6.22. The molecule has 2 unspecified atom stereocenters. The molecule has 1 aliphatic carbocycles. The van der Waals surface area contributed by atoms with Gasteiger partial charge in [-0.1, -0.05) is 42.7 Å². The molecule has 1 fully saturated rings. The Morgan fingerprint density at radius 2 is 2.29 bits per heavy atom. The van der Waals surface area contributed by atoms with Crippen molar-refractivity contribution in [1.82, 2.24) is 5.32 Å². The third-order valence-electron chi connectivity index (χ3n) is 4.46. The molecule has 4 N–H and O–H groups in total. The summed E-state index contributed by atoms with van der Waals surface area (Å²) in [6.45, 7) is 5.08. The van der Waals surface area contributed by atoms with Gasteiger partial charge in [-0.05, 0) is 18.1 Å². The summed E-state index contributed by atoms with van der Waals surface area (Å²) in [5.41, 5.74) is 7.26. The molecule has 1 aromatic carbocycles. The van der Waals surface area contributed by atoms with Crippen LogP contribution in [0.2, 0.25) is 5.02 Å². The molecular formula is C15H22ClN3O2. The molecule has 21 heavy (non-hydrogen) atoms. The second-order valence-corrected chi connectivity index (χ2v) is 6.41. The van der Waals surface area contributed by atoms with Crippen molar-refractivity contribution in [2.24, 2.45) is 16.3 Å². The molecule has 116 valence electrons. The number of hydrogen-bond donors (Lipinski definition) is 3. The highest BCUT2D eigenvalue weighted by Gasteiger charge is 2.48. The van der Waals surface area contributed by atoms with Gasteiger partial charge in [0.15, 0.2) is 5.84 Å². The SMILES string of the molecule is COC1CC(NCc2ccc(/C(N)=N/O)cc2Cl)C1(C)C. The highest BCUT2D eigenvalue weighted by molar-refractivity contribution is 6.31. The van der Waals surface area contributed by atoms with E-state index in [2.05, 4.69) is 24.3 Å². The van der Waals surface area contributed by atoms with E-state index in [1.807, 2.05) is 6.07 Å². The Balaban J connectivity index is 1.99. The number of rotatable bonds is 5. The van der Waals surface area contributed by atoms with Crippen molar-refractivity contribution in [2.45, 2.75) is 39.0 Å². The van der Waals surface area contributed by atoms with E-state index in [0.717, 1.165) is 12.0 Å². The summed E-state index contributed by atoms with van der Waals surface area (Å²) in [5.74, 6) is 0.0551. The number of oxime groups is 1. The first-order valence-electron chi connectivity index (χ1n) is 6.92. The quantitative estimate of drug-likeness (QED) is 0.337. The Labute approximate surface area is 130 Å². The molecule has 0 aromatic heterocycles. The van der Waals surface area contributed by atoms with Crippen LogP contribution in [0.3, 0.4) is 0 Å². The van der Waals surface area contributed by atoms with E-state index in [1.165, 1.54) is 0 Å². The van der Waals surface area contributed by atoms with Gasteiger partial charge in [-0.15, -0.1) is 0 Å². The fourth-order valence-electron chi connectivity index (χ4n) is 2.77. The molecule has 0 aliphatic heterocycles. The van der Waals surface area contributed by atoms with Crippen LogP contribution in [-0.4, -0.2) is 30.3 Å². The maximum Gasteiger partial charge on any atom is 0.170 e. The molecule has 1 saturated carbocycles. The first kappa shape index (κ1) is 16.1. The minimum Gasteiger partial charge on any atom is -0.409 e. The number of ether oxygens (including phenoxy) is 1. The molecule has 0 bridgehead atoms. The van der Waals surface area contributed by atoms with Gasteiger partial charge >= 0.3 is 0 Å². The summed E-state index contributed by atoms with van der Waals surface area (Å²) in [6.07, 6.45) is 1.30. The summed E-state index contributed by atoms with van der Waals surface area (Å²) in [7, 11) is 1.76. The molecule has 0 radical (unpaired) electrons. The first-order chi connectivity index (χ1) is 9.90. The van der Waals surface area contributed by atoms with Crippen molar-refractivity contribution in [1.29, 1.82) is 0 Å². The lowest BCUT2D eigenvalue weighted by Gasteiger charge is -2.51. The minimum absolute atomic E-state index is 0.0551. The average molecular weight is 312 g/mol. The zero-order valence-electron chi connectivity index (χ0n) is 12.6. The Morgan fingerprint density at radius 3 is 2.81 bits per heavy atom. The highest BCUT2D eigenvalue weighted by Crippen LogP contribution is 2.42. The van der Waals surface area contributed by atoms with Gasteiger partial charge in [-0.3, -0.25) is 0 Å². The van der Waals surface area contributed by atoms with Crippen LogP contribution in [0.1, 0.15) is 31.4 Å². The monoisotopic (exact) mass is 311 g/mol. The second-order valence-electron chi connectivity index (χ2n) is 6.01. The lowest BCUT2D eigenvalue weighted by atomic mass is 9.64. The lowest BCUT2D eigenvalue weighted by molar-refractivity contribution is -0.0979. The van der Waals surface area contributed by atoms with Gasteiger partial charge in [0, 0.05) is 35.7 Å². The van der Waals surface area contributed by atoms with Crippen molar-refractivity contribution in [2.75, 3.05) is 7.11 Å². The summed E-state index contributed by atoms with van der Waals surface area (Å²) >= 11 is 6.25.